The molecule has 3 heteroatoms. The van der Waals surface area contributed by atoms with E-state index in [4.69, 9.17) is 16.0 Å². The number of fused-ring (bicyclic) bond motifs is 3. The summed E-state index contributed by atoms with van der Waals surface area (Å²) in [5.74, 6) is 0. The highest BCUT2D eigenvalue weighted by Crippen LogP contribution is 2.33. The monoisotopic (exact) mass is 308 g/mol. The summed E-state index contributed by atoms with van der Waals surface area (Å²) in [4.78, 5) is 0. The van der Waals surface area contributed by atoms with Crippen molar-refractivity contribution >= 4 is 33.5 Å². The van der Waals surface area contributed by atoms with Crippen molar-refractivity contribution in [3.05, 3.63) is 82.9 Å². The third-order valence-corrected chi connectivity index (χ3v) is 4.26. The van der Waals surface area contributed by atoms with E-state index in [0.29, 0.717) is 10.6 Å². The quantitative estimate of drug-likeness (QED) is 0.543. The van der Waals surface area contributed by atoms with Crippen molar-refractivity contribution in [2.75, 3.05) is 0 Å². The van der Waals surface area contributed by atoms with Gasteiger partial charge in [0.05, 0.1) is 0 Å². The van der Waals surface area contributed by atoms with Crippen LogP contribution in [0.25, 0.3) is 21.9 Å². The zero-order valence-corrected chi connectivity index (χ0v) is 12.4. The van der Waals surface area contributed by atoms with Crippen LogP contribution in [-0.4, -0.2) is 5.11 Å². The highest BCUT2D eigenvalue weighted by Gasteiger charge is 2.15. The summed E-state index contributed by atoms with van der Waals surface area (Å²) in [6, 6.07) is 21.0. The molecular formula is C19H13ClO2. The van der Waals surface area contributed by atoms with E-state index in [0.717, 1.165) is 27.5 Å². The Kier molecular flexibility index (Phi) is 3.14. The Morgan fingerprint density at radius 2 is 1.55 bits per heavy atom. The predicted molar refractivity (Wildman–Crippen MR) is 89.2 cm³/mol. The van der Waals surface area contributed by atoms with Gasteiger partial charge in [0.2, 0.25) is 0 Å². The molecule has 4 aromatic rings. The zero-order valence-electron chi connectivity index (χ0n) is 11.7. The molecule has 3 aromatic carbocycles. The Labute approximate surface area is 132 Å². The highest BCUT2D eigenvalue weighted by molar-refractivity contribution is 6.31. The lowest BCUT2D eigenvalue weighted by Gasteiger charge is -2.12. The van der Waals surface area contributed by atoms with Crippen LogP contribution in [0.5, 0.6) is 0 Å². The van der Waals surface area contributed by atoms with E-state index in [1.807, 2.05) is 60.7 Å². The van der Waals surface area contributed by atoms with Gasteiger partial charge in [-0.2, -0.15) is 0 Å². The lowest BCUT2D eigenvalue weighted by Crippen LogP contribution is -2.00. The smallest absolute Gasteiger partial charge is 0.135 e. The molecule has 4 rings (SSSR count). The molecule has 0 bridgehead atoms. The van der Waals surface area contributed by atoms with Gasteiger partial charge in [-0.25, -0.2) is 0 Å². The molecular weight excluding hydrogens is 296 g/mol. The van der Waals surface area contributed by atoms with E-state index in [9.17, 15) is 5.11 Å². The Balaban J connectivity index is 1.86. The topological polar surface area (TPSA) is 33.4 Å². The number of hydrogen-bond donors (Lipinski definition) is 1. The van der Waals surface area contributed by atoms with Gasteiger partial charge < -0.3 is 9.52 Å². The SMILES string of the molecule is OC(c1ccc2c(c1)oc1ccccc12)c1ccccc1Cl. The Hall–Kier alpha value is -2.29. The lowest BCUT2D eigenvalue weighted by molar-refractivity contribution is 0.220. The van der Waals surface area contributed by atoms with E-state index in [-0.39, 0.29) is 0 Å². The molecule has 0 saturated heterocycles. The zero-order chi connectivity index (χ0) is 15.1. The number of para-hydroxylation sites is 1. The van der Waals surface area contributed by atoms with Gasteiger partial charge in [-0.1, -0.05) is 60.1 Å². The minimum Gasteiger partial charge on any atom is -0.456 e. The van der Waals surface area contributed by atoms with Crippen molar-refractivity contribution in [2.45, 2.75) is 6.10 Å². The molecule has 0 fully saturated rings. The maximum absolute atomic E-state index is 10.6. The van der Waals surface area contributed by atoms with E-state index in [2.05, 4.69) is 0 Å². The molecule has 1 atom stereocenters. The second-order valence-electron chi connectivity index (χ2n) is 5.28. The summed E-state index contributed by atoms with van der Waals surface area (Å²) < 4.78 is 5.87. The highest BCUT2D eigenvalue weighted by atomic mass is 35.5. The van der Waals surface area contributed by atoms with Crippen LogP contribution in [-0.2, 0) is 0 Å². The van der Waals surface area contributed by atoms with Crippen molar-refractivity contribution < 1.29 is 9.52 Å². The average molecular weight is 309 g/mol. The third-order valence-electron chi connectivity index (χ3n) is 3.92. The minimum atomic E-state index is -0.772. The molecule has 22 heavy (non-hydrogen) atoms. The molecule has 1 unspecified atom stereocenters. The van der Waals surface area contributed by atoms with Gasteiger partial charge in [0.15, 0.2) is 0 Å². The summed E-state index contributed by atoms with van der Waals surface area (Å²) in [6.07, 6.45) is -0.772. The number of benzene rings is 3. The summed E-state index contributed by atoms with van der Waals surface area (Å²) >= 11 is 6.17. The van der Waals surface area contributed by atoms with Crippen LogP contribution in [0.4, 0.5) is 0 Å². The van der Waals surface area contributed by atoms with Crippen LogP contribution in [0.2, 0.25) is 5.02 Å². The minimum absolute atomic E-state index is 0.555. The first-order valence-corrected chi connectivity index (χ1v) is 7.45. The first kappa shape index (κ1) is 13.4. The van der Waals surface area contributed by atoms with Crippen LogP contribution in [0.3, 0.4) is 0 Å². The van der Waals surface area contributed by atoms with Crippen molar-refractivity contribution in [1.29, 1.82) is 0 Å². The molecule has 1 heterocycles. The summed E-state index contributed by atoms with van der Waals surface area (Å²) in [7, 11) is 0. The number of aliphatic hydroxyl groups excluding tert-OH is 1. The molecule has 2 nitrogen and oxygen atoms in total. The van der Waals surface area contributed by atoms with Crippen LogP contribution >= 0.6 is 11.6 Å². The van der Waals surface area contributed by atoms with Crippen molar-refractivity contribution in [2.24, 2.45) is 0 Å². The lowest BCUT2D eigenvalue weighted by atomic mass is 10.00. The first-order chi connectivity index (χ1) is 10.7. The fraction of sp³-hybridized carbons (Fsp3) is 0.0526. The van der Waals surface area contributed by atoms with Crippen LogP contribution in [0, 0.1) is 0 Å². The van der Waals surface area contributed by atoms with Gasteiger partial charge in [-0.15, -0.1) is 0 Å². The third kappa shape index (κ3) is 2.08. The number of furan rings is 1. The molecule has 0 saturated carbocycles. The Morgan fingerprint density at radius 1 is 0.818 bits per heavy atom. The second kappa shape index (κ2) is 5.16. The molecule has 0 spiro atoms. The molecule has 0 amide bonds. The fourth-order valence-electron chi connectivity index (χ4n) is 2.79. The molecule has 108 valence electrons. The fourth-order valence-corrected chi connectivity index (χ4v) is 3.03. The Bertz CT molecular complexity index is 971. The van der Waals surface area contributed by atoms with Crippen LogP contribution < -0.4 is 0 Å². The van der Waals surface area contributed by atoms with E-state index in [1.165, 1.54) is 0 Å². The number of halogens is 1. The van der Waals surface area contributed by atoms with Gasteiger partial charge in [-0.3, -0.25) is 0 Å². The molecule has 1 N–H and O–H groups in total. The van der Waals surface area contributed by atoms with E-state index >= 15 is 0 Å². The molecule has 0 aliphatic carbocycles. The number of aliphatic hydroxyl groups is 1. The van der Waals surface area contributed by atoms with Crippen LogP contribution in [0.15, 0.2) is 71.1 Å². The standard InChI is InChI=1S/C19H13ClO2/c20-16-7-3-1-6-15(16)19(21)12-9-10-14-13-5-2-4-8-17(13)22-18(14)11-12/h1-11,19,21H. The largest absolute Gasteiger partial charge is 0.456 e. The van der Waals surface area contributed by atoms with Gasteiger partial charge >= 0.3 is 0 Å². The van der Waals surface area contributed by atoms with Gasteiger partial charge in [0.25, 0.3) is 0 Å². The number of hydrogen-bond acceptors (Lipinski definition) is 2. The van der Waals surface area contributed by atoms with Gasteiger partial charge in [0.1, 0.15) is 17.3 Å². The summed E-state index contributed by atoms with van der Waals surface area (Å²) in [5.41, 5.74) is 3.07. The molecule has 0 aliphatic rings. The molecule has 0 aliphatic heterocycles. The molecule has 1 aromatic heterocycles. The maximum Gasteiger partial charge on any atom is 0.135 e. The number of rotatable bonds is 2. The second-order valence-corrected chi connectivity index (χ2v) is 5.69. The first-order valence-electron chi connectivity index (χ1n) is 7.08. The summed E-state index contributed by atoms with van der Waals surface area (Å²) in [6.45, 7) is 0. The maximum atomic E-state index is 10.6. The van der Waals surface area contributed by atoms with E-state index in [1.54, 1.807) is 6.07 Å². The van der Waals surface area contributed by atoms with Gasteiger partial charge in [-0.05, 0) is 23.8 Å². The average Bonchev–Trinajstić information content (AvgIpc) is 2.92. The normalized spacial score (nSPS) is 12.8. The van der Waals surface area contributed by atoms with E-state index < -0.39 is 6.10 Å². The Morgan fingerprint density at radius 3 is 2.41 bits per heavy atom. The van der Waals surface area contributed by atoms with Crippen molar-refractivity contribution in [3.63, 3.8) is 0 Å². The van der Waals surface area contributed by atoms with Gasteiger partial charge in [0, 0.05) is 21.4 Å². The van der Waals surface area contributed by atoms with Crippen molar-refractivity contribution in [1.82, 2.24) is 0 Å². The molecule has 0 radical (unpaired) electrons. The van der Waals surface area contributed by atoms with Crippen LogP contribution in [0.1, 0.15) is 17.2 Å². The predicted octanol–water partition coefficient (Wildman–Crippen LogP) is 5.32. The summed E-state index contributed by atoms with van der Waals surface area (Å²) in [5, 5.41) is 13.3. The van der Waals surface area contributed by atoms with Crippen molar-refractivity contribution in [3.8, 4) is 0 Å².